The summed E-state index contributed by atoms with van der Waals surface area (Å²) in [5.41, 5.74) is 1.67. The van der Waals surface area contributed by atoms with Gasteiger partial charge in [0.2, 0.25) is 5.91 Å². The zero-order chi connectivity index (χ0) is 20.2. The van der Waals surface area contributed by atoms with Gasteiger partial charge in [-0.1, -0.05) is 42.1 Å². The molecule has 0 unspecified atom stereocenters. The van der Waals surface area contributed by atoms with Crippen molar-refractivity contribution in [1.29, 1.82) is 0 Å². The summed E-state index contributed by atoms with van der Waals surface area (Å²) in [6.45, 7) is 1.57. The second-order valence-electron chi connectivity index (χ2n) is 6.83. The van der Waals surface area contributed by atoms with Crippen molar-refractivity contribution in [2.45, 2.75) is 12.8 Å². The lowest BCUT2D eigenvalue weighted by Crippen LogP contribution is -2.33. The molecule has 2 aromatic carbocycles. The van der Waals surface area contributed by atoms with Gasteiger partial charge >= 0.3 is 0 Å². The van der Waals surface area contributed by atoms with E-state index in [1.807, 2.05) is 35.2 Å². The van der Waals surface area contributed by atoms with Crippen LogP contribution in [0.2, 0.25) is 0 Å². The summed E-state index contributed by atoms with van der Waals surface area (Å²) in [5, 5.41) is 0.427. The van der Waals surface area contributed by atoms with Crippen molar-refractivity contribution in [1.82, 2.24) is 4.90 Å². The molecule has 0 saturated carbocycles. The van der Waals surface area contributed by atoms with Crippen LogP contribution < -0.4 is 4.90 Å². The van der Waals surface area contributed by atoms with E-state index in [-0.39, 0.29) is 29.1 Å². The van der Waals surface area contributed by atoms with Crippen molar-refractivity contribution in [3.63, 3.8) is 0 Å². The van der Waals surface area contributed by atoms with Crippen molar-refractivity contribution in [3.8, 4) is 0 Å². The third kappa shape index (κ3) is 4.40. The van der Waals surface area contributed by atoms with Crippen LogP contribution in [-0.2, 0) is 9.59 Å². The van der Waals surface area contributed by atoms with Crippen molar-refractivity contribution < 1.29 is 14.0 Å². The number of amides is 2. The first-order valence-electron chi connectivity index (χ1n) is 9.48. The summed E-state index contributed by atoms with van der Waals surface area (Å²) in [5.74, 6) is -0.419. The van der Waals surface area contributed by atoms with Crippen LogP contribution in [0.5, 0.6) is 0 Å². The number of amidine groups is 1. The van der Waals surface area contributed by atoms with Crippen LogP contribution in [0.15, 0.2) is 65.3 Å². The zero-order valence-electron chi connectivity index (χ0n) is 15.8. The maximum Gasteiger partial charge on any atom is 0.283 e. The lowest BCUT2D eigenvalue weighted by molar-refractivity contribution is -0.127. The zero-order valence-corrected chi connectivity index (χ0v) is 16.6. The molecule has 2 aliphatic rings. The molecule has 2 heterocycles. The second-order valence-corrected chi connectivity index (χ2v) is 7.77. The quantitative estimate of drug-likeness (QED) is 0.719. The van der Waals surface area contributed by atoms with Gasteiger partial charge in [-0.05, 0) is 48.7 Å². The van der Waals surface area contributed by atoms with Crippen LogP contribution >= 0.6 is 11.8 Å². The molecule has 0 atom stereocenters. The lowest BCUT2D eigenvalue weighted by atomic mass is 10.2. The Morgan fingerprint density at radius 1 is 1.07 bits per heavy atom. The van der Waals surface area contributed by atoms with E-state index in [1.165, 1.54) is 40.9 Å². The number of thioether (sulfide) groups is 1. The van der Waals surface area contributed by atoms with Gasteiger partial charge in [0.25, 0.3) is 5.91 Å². The minimum Gasteiger partial charge on any atom is -0.342 e. The minimum atomic E-state index is -0.379. The first-order valence-corrected chi connectivity index (χ1v) is 10.5. The summed E-state index contributed by atoms with van der Waals surface area (Å²) in [6.07, 6.45) is 3.78. The number of rotatable bonds is 4. The molecule has 29 heavy (non-hydrogen) atoms. The molecule has 1 fully saturated rings. The first kappa shape index (κ1) is 19.4. The Hall–Kier alpha value is -2.93. The van der Waals surface area contributed by atoms with Crippen LogP contribution in [0.4, 0.5) is 10.1 Å². The van der Waals surface area contributed by atoms with E-state index in [1.54, 1.807) is 6.08 Å². The number of likely N-dealkylation sites (tertiary alicyclic amines) is 1. The summed E-state index contributed by atoms with van der Waals surface area (Å²) in [6, 6.07) is 15.1. The Bertz CT molecular complexity index is 967. The molecule has 148 valence electrons. The maximum atomic E-state index is 13.4. The third-order valence-electron chi connectivity index (χ3n) is 4.80. The van der Waals surface area contributed by atoms with Gasteiger partial charge in [0.05, 0.1) is 11.4 Å². The average Bonchev–Trinajstić information content (AvgIpc) is 3.37. The molecule has 2 amide bonds. The highest BCUT2D eigenvalue weighted by Gasteiger charge is 2.33. The Kier molecular flexibility index (Phi) is 5.76. The molecule has 7 heteroatoms. The molecule has 5 nitrogen and oxygen atoms in total. The molecule has 0 aromatic heterocycles. The molecule has 0 bridgehead atoms. The van der Waals surface area contributed by atoms with Gasteiger partial charge in [-0.15, -0.1) is 0 Å². The Labute approximate surface area is 172 Å². The molecule has 0 N–H and O–H groups in total. The molecule has 2 aliphatic heterocycles. The van der Waals surface area contributed by atoms with E-state index in [9.17, 15) is 14.0 Å². The van der Waals surface area contributed by atoms with Gasteiger partial charge in [-0.25, -0.2) is 9.38 Å². The first-order chi connectivity index (χ1) is 14.1. The van der Waals surface area contributed by atoms with Gasteiger partial charge in [0, 0.05) is 13.1 Å². The van der Waals surface area contributed by atoms with Crippen LogP contribution in [0, 0.1) is 5.82 Å². The summed E-state index contributed by atoms with van der Waals surface area (Å²) >= 11 is 1.23. The van der Waals surface area contributed by atoms with Gasteiger partial charge in [-0.3, -0.25) is 14.5 Å². The number of anilines is 1. The second kappa shape index (κ2) is 8.61. The maximum absolute atomic E-state index is 13.4. The fourth-order valence-electron chi connectivity index (χ4n) is 3.30. The number of nitrogens with zero attached hydrogens (tertiary/aromatic N) is 3. The van der Waals surface area contributed by atoms with Crippen LogP contribution in [0.1, 0.15) is 18.4 Å². The number of carbonyl (C=O) groups is 2. The average molecular weight is 409 g/mol. The number of aliphatic imine (C=N–C) groups is 1. The summed E-state index contributed by atoms with van der Waals surface area (Å²) in [4.78, 5) is 33.3. The highest BCUT2D eigenvalue weighted by molar-refractivity contribution is 8.14. The number of hydrogen-bond acceptors (Lipinski definition) is 4. The van der Waals surface area contributed by atoms with Crippen molar-refractivity contribution >= 4 is 40.5 Å². The van der Waals surface area contributed by atoms with Gasteiger partial charge < -0.3 is 4.90 Å². The lowest BCUT2D eigenvalue weighted by Gasteiger charge is -2.19. The largest absolute Gasteiger partial charge is 0.342 e. The van der Waals surface area contributed by atoms with E-state index >= 15 is 0 Å². The van der Waals surface area contributed by atoms with Crippen molar-refractivity contribution in [2.24, 2.45) is 4.99 Å². The molecule has 0 aliphatic carbocycles. The van der Waals surface area contributed by atoms with E-state index in [0.29, 0.717) is 10.9 Å². The van der Waals surface area contributed by atoms with E-state index in [0.717, 1.165) is 31.5 Å². The number of halogens is 1. The molecular weight excluding hydrogens is 389 g/mol. The monoisotopic (exact) mass is 409 g/mol. The summed E-state index contributed by atoms with van der Waals surface area (Å²) < 4.78 is 13.4. The standard InChI is InChI=1S/C22H20FN3O2S/c23-17-8-10-18(11-9-17)26-21(28)19(14-16-6-2-1-3-7-16)24-22(26)29-15-20(27)25-12-4-5-13-25/h1-3,6-11,14H,4-5,12-13,15H2/b19-14+. The molecule has 1 saturated heterocycles. The highest BCUT2D eigenvalue weighted by atomic mass is 32.2. The number of hydrogen-bond donors (Lipinski definition) is 0. The normalized spacial score (nSPS) is 17.9. The van der Waals surface area contributed by atoms with E-state index in [4.69, 9.17) is 0 Å². The molecule has 0 radical (unpaired) electrons. The van der Waals surface area contributed by atoms with E-state index < -0.39 is 0 Å². The summed E-state index contributed by atoms with van der Waals surface area (Å²) in [7, 11) is 0. The fraction of sp³-hybridized carbons (Fsp3) is 0.227. The molecule has 0 spiro atoms. The molecule has 2 aromatic rings. The topological polar surface area (TPSA) is 53.0 Å². The van der Waals surface area contributed by atoms with Crippen LogP contribution in [0.25, 0.3) is 6.08 Å². The van der Waals surface area contributed by atoms with Gasteiger partial charge in [0.15, 0.2) is 5.17 Å². The Morgan fingerprint density at radius 3 is 2.45 bits per heavy atom. The molecular formula is C22H20FN3O2S. The van der Waals surface area contributed by atoms with Crippen molar-refractivity contribution in [3.05, 3.63) is 71.7 Å². The van der Waals surface area contributed by atoms with Gasteiger partial charge in [0.1, 0.15) is 11.5 Å². The highest BCUT2D eigenvalue weighted by Crippen LogP contribution is 2.30. The Morgan fingerprint density at radius 2 is 1.76 bits per heavy atom. The third-order valence-corrected chi connectivity index (χ3v) is 5.72. The van der Waals surface area contributed by atoms with Crippen molar-refractivity contribution in [2.75, 3.05) is 23.7 Å². The van der Waals surface area contributed by atoms with Crippen LogP contribution in [0.3, 0.4) is 0 Å². The fourth-order valence-corrected chi connectivity index (χ4v) is 4.22. The van der Waals surface area contributed by atoms with Gasteiger partial charge in [-0.2, -0.15) is 0 Å². The van der Waals surface area contributed by atoms with E-state index in [2.05, 4.69) is 4.99 Å². The van der Waals surface area contributed by atoms with Crippen LogP contribution in [-0.4, -0.2) is 40.7 Å². The predicted octanol–water partition coefficient (Wildman–Crippen LogP) is 3.93. The Balaban J connectivity index is 1.60. The number of carbonyl (C=O) groups excluding carboxylic acids is 2. The molecule has 4 rings (SSSR count). The predicted molar refractivity (Wildman–Crippen MR) is 114 cm³/mol. The number of benzene rings is 2. The smallest absolute Gasteiger partial charge is 0.283 e. The minimum absolute atomic E-state index is 0.0437. The SMILES string of the molecule is O=C(CSC1=N/C(=C/c2ccccc2)C(=O)N1c1ccc(F)cc1)N1CCCC1.